The second kappa shape index (κ2) is 9.59. The molecule has 0 saturated heterocycles. The summed E-state index contributed by atoms with van der Waals surface area (Å²) >= 11 is 0. The minimum atomic E-state index is -0.708. The normalized spacial score (nSPS) is 11.1. The largest absolute Gasteiger partial charge is 0.492 e. The number of carbonyl (C=O) groups is 2. The predicted octanol–water partition coefficient (Wildman–Crippen LogP) is 1.80. The van der Waals surface area contributed by atoms with Crippen molar-refractivity contribution in [1.82, 2.24) is 5.32 Å². The van der Waals surface area contributed by atoms with Gasteiger partial charge in [-0.2, -0.15) is 0 Å². The number of nitrogens with one attached hydrogen (secondary N) is 2. The van der Waals surface area contributed by atoms with Crippen LogP contribution in [0.1, 0.15) is 17.5 Å². The number of nitrogens with two attached hydrogens (primary N) is 1. The Morgan fingerprint density at radius 2 is 1.96 bits per heavy atom. The third-order valence-corrected chi connectivity index (χ3v) is 2.99. The summed E-state index contributed by atoms with van der Waals surface area (Å²) in [4.78, 5) is 23.9. The van der Waals surface area contributed by atoms with Gasteiger partial charge in [-0.3, -0.25) is 9.59 Å². The zero-order valence-corrected chi connectivity index (χ0v) is 14.0. The highest BCUT2D eigenvalue weighted by atomic mass is 35.5. The van der Waals surface area contributed by atoms with Crippen LogP contribution in [0.4, 0.5) is 5.69 Å². The van der Waals surface area contributed by atoms with Gasteiger partial charge in [0.1, 0.15) is 18.4 Å². The number of amides is 2. The van der Waals surface area contributed by atoms with Gasteiger partial charge in [0.2, 0.25) is 5.91 Å². The van der Waals surface area contributed by atoms with Crippen LogP contribution >= 0.6 is 12.4 Å². The van der Waals surface area contributed by atoms with Crippen LogP contribution in [-0.2, 0) is 4.79 Å². The van der Waals surface area contributed by atoms with E-state index < -0.39 is 11.9 Å². The van der Waals surface area contributed by atoms with Gasteiger partial charge in [-0.1, -0.05) is 0 Å². The third kappa shape index (κ3) is 5.60. The van der Waals surface area contributed by atoms with Crippen molar-refractivity contribution < 1.29 is 18.7 Å². The van der Waals surface area contributed by atoms with E-state index in [1.807, 2.05) is 0 Å². The molecule has 1 heterocycles. The Kier molecular flexibility index (Phi) is 7.81. The average molecular weight is 354 g/mol. The van der Waals surface area contributed by atoms with E-state index in [-0.39, 0.29) is 24.1 Å². The van der Waals surface area contributed by atoms with E-state index in [1.165, 1.54) is 12.3 Å². The maximum absolute atomic E-state index is 12.1. The molecule has 0 fully saturated rings. The Balaban J connectivity index is 0.00000288. The number of carbonyl (C=O) groups excluding carboxylic acids is 2. The Labute approximate surface area is 146 Å². The monoisotopic (exact) mass is 353 g/mol. The summed E-state index contributed by atoms with van der Waals surface area (Å²) in [7, 11) is 0. The molecule has 2 rings (SSSR count). The number of hydrogen-bond donors (Lipinski definition) is 3. The van der Waals surface area contributed by atoms with Gasteiger partial charge >= 0.3 is 0 Å². The first-order chi connectivity index (χ1) is 11.1. The Morgan fingerprint density at radius 3 is 2.54 bits per heavy atom. The van der Waals surface area contributed by atoms with E-state index in [2.05, 4.69) is 10.6 Å². The fourth-order valence-electron chi connectivity index (χ4n) is 1.80. The van der Waals surface area contributed by atoms with Gasteiger partial charge in [0.25, 0.3) is 5.91 Å². The smallest absolute Gasteiger partial charge is 0.287 e. The molecule has 2 amide bonds. The van der Waals surface area contributed by atoms with Crippen molar-refractivity contribution in [2.45, 2.75) is 13.0 Å². The minimum Gasteiger partial charge on any atom is -0.492 e. The second-order valence-electron chi connectivity index (χ2n) is 4.82. The van der Waals surface area contributed by atoms with Crippen molar-refractivity contribution in [3.8, 4) is 5.75 Å². The molecule has 0 aliphatic rings. The Bertz CT molecular complexity index is 644. The molecule has 0 aliphatic carbocycles. The molecule has 7 nitrogen and oxygen atoms in total. The van der Waals surface area contributed by atoms with Crippen molar-refractivity contribution >= 4 is 29.9 Å². The van der Waals surface area contributed by atoms with Gasteiger partial charge < -0.3 is 25.5 Å². The lowest BCUT2D eigenvalue weighted by Gasteiger charge is -2.13. The van der Waals surface area contributed by atoms with Crippen LogP contribution < -0.4 is 21.1 Å². The predicted molar refractivity (Wildman–Crippen MR) is 92.5 cm³/mol. The van der Waals surface area contributed by atoms with Crippen molar-refractivity contribution in [1.29, 1.82) is 0 Å². The first-order valence-corrected chi connectivity index (χ1v) is 7.18. The summed E-state index contributed by atoms with van der Waals surface area (Å²) < 4.78 is 10.3. The molecule has 0 radical (unpaired) electrons. The molecule has 0 spiro atoms. The topological polar surface area (TPSA) is 107 Å². The molecule has 8 heteroatoms. The summed E-state index contributed by atoms with van der Waals surface area (Å²) in [5.74, 6) is 0.0578. The molecule has 0 aliphatic heterocycles. The van der Waals surface area contributed by atoms with E-state index in [1.54, 1.807) is 37.3 Å². The summed E-state index contributed by atoms with van der Waals surface area (Å²) in [5, 5.41) is 5.27. The molecule has 130 valence electrons. The van der Waals surface area contributed by atoms with Gasteiger partial charge in [0, 0.05) is 12.2 Å². The first kappa shape index (κ1) is 19.5. The van der Waals surface area contributed by atoms with Crippen LogP contribution in [0.15, 0.2) is 47.1 Å². The van der Waals surface area contributed by atoms with Crippen LogP contribution in [0.5, 0.6) is 5.75 Å². The van der Waals surface area contributed by atoms with Gasteiger partial charge in [0.15, 0.2) is 5.76 Å². The van der Waals surface area contributed by atoms with Gasteiger partial charge in [0.05, 0.1) is 6.26 Å². The Hall–Kier alpha value is -2.51. The van der Waals surface area contributed by atoms with E-state index >= 15 is 0 Å². The lowest BCUT2D eigenvalue weighted by atomic mass is 10.2. The summed E-state index contributed by atoms with van der Waals surface area (Å²) in [6.45, 7) is 2.46. The van der Waals surface area contributed by atoms with Gasteiger partial charge in [-0.15, -0.1) is 12.4 Å². The summed E-state index contributed by atoms with van der Waals surface area (Å²) in [6.07, 6.45) is 1.40. The van der Waals surface area contributed by atoms with Crippen molar-refractivity contribution in [2.24, 2.45) is 5.73 Å². The van der Waals surface area contributed by atoms with Crippen molar-refractivity contribution in [3.63, 3.8) is 0 Å². The molecule has 1 unspecified atom stereocenters. The molecule has 0 saturated carbocycles. The van der Waals surface area contributed by atoms with E-state index in [9.17, 15) is 9.59 Å². The van der Waals surface area contributed by atoms with Crippen LogP contribution in [0, 0.1) is 0 Å². The fraction of sp³-hybridized carbons (Fsp3) is 0.250. The van der Waals surface area contributed by atoms with Gasteiger partial charge in [-0.05, 0) is 43.3 Å². The number of ether oxygens (including phenoxy) is 1. The quantitative estimate of drug-likeness (QED) is 0.703. The van der Waals surface area contributed by atoms with Crippen molar-refractivity contribution in [3.05, 3.63) is 48.4 Å². The molecule has 4 N–H and O–H groups in total. The number of halogens is 1. The van der Waals surface area contributed by atoms with Crippen molar-refractivity contribution in [2.75, 3.05) is 18.5 Å². The summed E-state index contributed by atoms with van der Waals surface area (Å²) in [5.41, 5.74) is 5.96. The molecule has 1 atom stereocenters. The number of benzene rings is 1. The number of anilines is 1. The Morgan fingerprint density at radius 1 is 1.25 bits per heavy atom. The molecule has 1 aromatic carbocycles. The maximum atomic E-state index is 12.1. The standard InChI is InChI=1S/C16H19N3O4.ClH/c1-11(18-16(21)14-3-2-9-23-14)15(20)19-12-4-6-13(7-5-12)22-10-8-17;/h2-7,9,11H,8,10,17H2,1H3,(H,18,21)(H,19,20);1H. The highest BCUT2D eigenvalue weighted by molar-refractivity contribution is 5.99. The number of furan rings is 1. The fourth-order valence-corrected chi connectivity index (χ4v) is 1.80. The maximum Gasteiger partial charge on any atom is 0.287 e. The SMILES string of the molecule is CC(NC(=O)c1ccco1)C(=O)Nc1ccc(OCCN)cc1.Cl. The highest BCUT2D eigenvalue weighted by Crippen LogP contribution is 2.15. The molecular weight excluding hydrogens is 334 g/mol. The zero-order valence-electron chi connectivity index (χ0n) is 13.2. The molecule has 1 aromatic heterocycles. The highest BCUT2D eigenvalue weighted by Gasteiger charge is 2.18. The van der Waals surface area contributed by atoms with Crippen LogP contribution in [0.3, 0.4) is 0 Å². The minimum absolute atomic E-state index is 0. The van der Waals surface area contributed by atoms with Crippen LogP contribution in [-0.4, -0.2) is 31.0 Å². The lowest BCUT2D eigenvalue weighted by molar-refractivity contribution is -0.117. The summed E-state index contributed by atoms with van der Waals surface area (Å²) in [6, 6.07) is 9.32. The second-order valence-corrected chi connectivity index (χ2v) is 4.82. The molecule has 2 aromatic rings. The molecule has 24 heavy (non-hydrogen) atoms. The van der Waals surface area contributed by atoms with Gasteiger partial charge in [-0.25, -0.2) is 0 Å². The van der Waals surface area contributed by atoms with Crippen LogP contribution in [0.2, 0.25) is 0 Å². The molecular formula is C16H20ClN3O4. The third-order valence-electron chi connectivity index (χ3n) is 2.99. The number of rotatable bonds is 7. The average Bonchev–Trinajstić information content (AvgIpc) is 3.08. The van der Waals surface area contributed by atoms with E-state index in [0.717, 1.165) is 0 Å². The lowest BCUT2D eigenvalue weighted by Crippen LogP contribution is -2.41. The number of hydrogen-bond acceptors (Lipinski definition) is 5. The van der Waals surface area contributed by atoms with E-state index in [0.29, 0.717) is 24.6 Å². The molecule has 0 bridgehead atoms. The van der Waals surface area contributed by atoms with Crippen LogP contribution in [0.25, 0.3) is 0 Å². The zero-order chi connectivity index (χ0) is 16.7. The first-order valence-electron chi connectivity index (χ1n) is 7.18. The van der Waals surface area contributed by atoms with E-state index in [4.69, 9.17) is 14.9 Å².